The summed E-state index contributed by atoms with van der Waals surface area (Å²) in [5, 5.41) is 20.0. The Hall–Kier alpha value is -3.43. The summed E-state index contributed by atoms with van der Waals surface area (Å²) in [6, 6.07) is 13.2. The van der Waals surface area contributed by atoms with Gasteiger partial charge in [-0.25, -0.2) is 0 Å². The molecule has 1 N–H and O–H groups in total. The van der Waals surface area contributed by atoms with Crippen molar-refractivity contribution >= 4 is 38.4 Å². The highest BCUT2D eigenvalue weighted by atomic mass is 79.9. The molecule has 0 radical (unpaired) electrons. The summed E-state index contributed by atoms with van der Waals surface area (Å²) in [6.07, 6.45) is 10.0. The molecule has 3 aromatic heterocycles. The summed E-state index contributed by atoms with van der Waals surface area (Å²) in [5.74, 6) is -0.514. The zero-order valence-electron chi connectivity index (χ0n) is 18.4. The van der Waals surface area contributed by atoms with Gasteiger partial charge in [0.1, 0.15) is 0 Å². The van der Waals surface area contributed by atoms with Crippen LogP contribution in [0.1, 0.15) is 41.2 Å². The van der Waals surface area contributed by atoms with Crippen LogP contribution in [0.3, 0.4) is 0 Å². The lowest BCUT2D eigenvalue weighted by Crippen LogP contribution is -2.34. The molecule has 0 aliphatic carbocycles. The minimum Gasteiger partial charge on any atom is -0.493 e. The molecule has 5 rings (SSSR count). The maximum atomic E-state index is 12.5. The number of piperidine rings is 1. The molecule has 1 aliphatic heterocycles. The van der Waals surface area contributed by atoms with Gasteiger partial charge >= 0.3 is 0 Å². The Morgan fingerprint density at radius 2 is 1.97 bits per heavy atom. The van der Waals surface area contributed by atoms with Gasteiger partial charge in [0.25, 0.3) is 5.91 Å². The number of amides is 1. The third-order valence-corrected chi connectivity index (χ3v) is 6.64. The van der Waals surface area contributed by atoms with Crippen LogP contribution in [0.15, 0.2) is 82.0 Å². The number of carbonyl (C=O) groups is 1. The first kappa shape index (κ1) is 22.4. The molecule has 1 aliphatic rings. The van der Waals surface area contributed by atoms with Gasteiger partial charge in [0.15, 0.2) is 5.69 Å². The fourth-order valence-corrected chi connectivity index (χ4v) is 4.84. The highest BCUT2D eigenvalue weighted by Gasteiger charge is 2.27. The van der Waals surface area contributed by atoms with Crippen LogP contribution in [0.25, 0.3) is 10.9 Å². The van der Waals surface area contributed by atoms with Crippen molar-refractivity contribution in [3.05, 3.63) is 82.9 Å². The number of rotatable bonds is 5. The highest BCUT2D eigenvalue weighted by molar-refractivity contribution is 9.10. The standard InChI is InChI=1S/C25H23BrN6O2/c26-19-6-7-22-20(14-19)23(29-30-24(33)17-8-11-27-12-9-17)25(34)32(22)16-31-13-2-1-5-21(31)18-4-3-10-28-15-18/h3-4,6-12,14-15,21,34H,1-2,5,13,16H2. The SMILES string of the molecule is O=C(N=Nc1c(O)n(CN2CCCCC2c2cccnc2)c2ccc(Br)cc12)c1ccncc1. The topological polar surface area (TPSA) is 96.0 Å². The summed E-state index contributed by atoms with van der Waals surface area (Å²) in [7, 11) is 0. The fourth-order valence-electron chi connectivity index (χ4n) is 4.48. The Morgan fingerprint density at radius 1 is 1.12 bits per heavy atom. The van der Waals surface area contributed by atoms with Crippen LogP contribution in [-0.4, -0.2) is 37.0 Å². The quantitative estimate of drug-likeness (QED) is 0.326. The molecule has 4 aromatic rings. The average molecular weight is 519 g/mol. The molecule has 9 heteroatoms. The number of azo groups is 1. The van der Waals surface area contributed by atoms with E-state index >= 15 is 0 Å². The largest absolute Gasteiger partial charge is 0.493 e. The molecule has 1 aromatic carbocycles. The molecule has 0 spiro atoms. The number of fused-ring (bicyclic) bond motifs is 1. The summed E-state index contributed by atoms with van der Waals surface area (Å²) in [6.45, 7) is 1.39. The van der Waals surface area contributed by atoms with Crippen molar-refractivity contribution in [3.63, 3.8) is 0 Å². The van der Waals surface area contributed by atoms with E-state index in [0.717, 1.165) is 35.8 Å². The van der Waals surface area contributed by atoms with Gasteiger partial charge in [0.2, 0.25) is 5.88 Å². The first-order valence-electron chi connectivity index (χ1n) is 11.1. The minimum atomic E-state index is -0.495. The maximum absolute atomic E-state index is 12.5. The molecule has 34 heavy (non-hydrogen) atoms. The Kier molecular flexibility index (Phi) is 6.46. The fraction of sp³-hybridized carbons (Fsp3) is 0.240. The van der Waals surface area contributed by atoms with E-state index in [1.54, 1.807) is 18.3 Å². The van der Waals surface area contributed by atoms with Gasteiger partial charge in [-0.05, 0) is 54.8 Å². The maximum Gasteiger partial charge on any atom is 0.295 e. The lowest BCUT2D eigenvalue weighted by atomic mass is 9.97. The number of halogens is 1. The number of aromatic hydroxyl groups is 1. The zero-order chi connectivity index (χ0) is 23.5. The van der Waals surface area contributed by atoms with Crippen LogP contribution in [0.5, 0.6) is 5.88 Å². The van der Waals surface area contributed by atoms with Crippen LogP contribution < -0.4 is 0 Å². The number of hydrogen-bond acceptors (Lipinski definition) is 6. The third kappa shape index (κ3) is 4.49. The van der Waals surface area contributed by atoms with Crippen molar-refractivity contribution in [2.24, 2.45) is 10.2 Å². The first-order chi connectivity index (χ1) is 16.6. The Bertz CT molecular complexity index is 1340. The van der Waals surface area contributed by atoms with Crippen molar-refractivity contribution in [3.8, 4) is 5.88 Å². The van der Waals surface area contributed by atoms with E-state index in [2.05, 4.69) is 47.1 Å². The van der Waals surface area contributed by atoms with E-state index in [4.69, 9.17) is 0 Å². The van der Waals surface area contributed by atoms with E-state index in [-0.39, 0.29) is 17.6 Å². The van der Waals surface area contributed by atoms with Crippen LogP contribution in [0, 0.1) is 0 Å². The van der Waals surface area contributed by atoms with Crippen molar-refractivity contribution in [2.45, 2.75) is 32.0 Å². The van der Waals surface area contributed by atoms with Gasteiger partial charge in [-0.3, -0.25) is 24.2 Å². The van der Waals surface area contributed by atoms with Crippen molar-refractivity contribution in [1.82, 2.24) is 19.4 Å². The Balaban J connectivity index is 1.51. The van der Waals surface area contributed by atoms with E-state index in [0.29, 0.717) is 17.6 Å². The molecular formula is C25H23BrN6O2. The molecule has 0 bridgehead atoms. The monoisotopic (exact) mass is 518 g/mol. The molecule has 1 unspecified atom stereocenters. The van der Waals surface area contributed by atoms with E-state index in [9.17, 15) is 9.90 Å². The molecule has 1 fully saturated rings. The number of hydrogen-bond donors (Lipinski definition) is 1. The Labute approximate surface area is 205 Å². The van der Waals surface area contributed by atoms with Crippen LogP contribution in [0.4, 0.5) is 5.69 Å². The van der Waals surface area contributed by atoms with Gasteiger partial charge in [0, 0.05) is 52.8 Å². The molecule has 0 saturated carbocycles. The number of carbonyl (C=O) groups excluding carboxylic acids is 1. The second-order valence-corrected chi connectivity index (χ2v) is 9.17. The summed E-state index contributed by atoms with van der Waals surface area (Å²) in [5.41, 5.74) is 2.65. The summed E-state index contributed by atoms with van der Waals surface area (Å²) < 4.78 is 2.68. The lowest BCUT2D eigenvalue weighted by Gasteiger charge is -2.36. The summed E-state index contributed by atoms with van der Waals surface area (Å²) in [4.78, 5) is 23.0. The second kappa shape index (κ2) is 9.82. The van der Waals surface area contributed by atoms with Crippen LogP contribution in [-0.2, 0) is 6.67 Å². The lowest BCUT2D eigenvalue weighted by molar-refractivity contribution is 0.0995. The molecule has 172 valence electrons. The zero-order valence-corrected chi connectivity index (χ0v) is 20.0. The number of nitrogens with zero attached hydrogens (tertiary/aromatic N) is 6. The normalized spacial score (nSPS) is 16.9. The third-order valence-electron chi connectivity index (χ3n) is 6.15. The van der Waals surface area contributed by atoms with Gasteiger partial charge in [0.05, 0.1) is 12.2 Å². The minimum absolute atomic E-state index is 0.0186. The van der Waals surface area contributed by atoms with Crippen molar-refractivity contribution < 1.29 is 9.90 Å². The number of aromatic nitrogens is 3. The van der Waals surface area contributed by atoms with Gasteiger partial charge < -0.3 is 5.11 Å². The van der Waals surface area contributed by atoms with E-state index < -0.39 is 5.91 Å². The van der Waals surface area contributed by atoms with Crippen LogP contribution >= 0.6 is 15.9 Å². The first-order valence-corrected chi connectivity index (χ1v) is 11.9. The molecule has 8 nitrogen and oxygen atoms in total. The van der Waals surface area contributed by atoms with Gasteiger partial charge in [-0.2, -0.15) is 0 Å². The number of benzene rings is 1. The van der Waals surface area contributed by atoms with Gasteiger partial charge in [-0.15, -0.1) is 10.2 Å². The smallest absolute Gasteiger partial charge is 0.295 e. The highest BCUT2D eigenvalue weighted by Crippen LogP contribution is 2.41. The predicted molar refractivity (Wildman–Crippen MR) is 132 cm³/mol. The molecule has 1 atom stereocenters. The average Bonchev–Trinajstić information content (AvgIpc) is 3.13. The van der Waals surface area contributed by atoms with Gasteiger partial charge in [-0.1, -0.05) is 28.4 Å². The number of likely N-dealkylation sites (tertiary alicyclic amines) is 1. The van der Waals surface area contributed by atoms with E-state index in [1.807, 2.05) is 35.0 Å². The second-order valence-electron chi connectivity index (χ2n) is 8.25. The predicted octanol–water partition coefficient (Wildman–Crippen LogP) is 6.01. The van der Waals surface area contributed by atoms with Crippen molar-refractivity contribution in [2.75, 3.05) is 6.54 Å². The molecular weight excluding hydrogens is 496 g/mol. The molecule has 4 heterocycles. The number of pyridine rings is 2. The van der Waals surface area contributed by atoms with E-state index in [1.165, 1.54) is 18.0 Å². The van der Waals surface area contributed by atoms with Crippen molar-refractivity contribution in [1.29, 1.82) is 0 Å². The molecule has 1 amide bonds. The Morgan fingerprint density at radius 3 is 2.76 bits per heavy atom. The molecule has 1 saturated heterocycles. The van der Waals surface area contributed by atoms with Crippen LogP contribution in [0.2, 0.25) is 0 Å². The summed E-state index contributed by atoms with van der Waals surface area (Å²) >= 11 is 3.50.